The third-order valence-corrected chi connectivity index (χ3v) is 6.67. The number of rotatable bonds is 5. The van der Waals surface area contributed by atoms with Crippen LogP contribution < -0.4 is 5.32 Å². The molecule has 0 bridgehead atoms. The number of benzene rings is 2. The smallest absolute Gasteiger partial charge is 0.244 e. The van der Waals surface area contributed by atoms with Gasteiger partial charge in [0.1, 0.15) is 4.90 Å². The lowest BCUT2D eigenvalue weighted by molar-refractivity contribution is -0.115. The molecule has 0 radical (unpaired) electrons. The Balaban J connectivity index is 1.76. The second kappa shape index (κ2) is 8.39. The molecule has 0 atom stereocenters. The first-order valence-corrected chi connectivity index (χ1v) is 10.4. The summed E-state index contributed by atoms with van der Waals surface area (Å²) in [4.78, 5) is 12.3. The Bertz CT molecular complexity index is 923. The van der Waals surface area contributed by atoms with Crippen molar-refractivity contribution in [3.63, 3.8) is 0 Å². The second-order valence-corrected chi connectivity index (χ2v) is 8.69. The van der Waals surface area contributed by atoms with E-state index in [-0.39, 0.29) is 35.3 Å². The maximum absolute atomic E-state index is 12.8. The number of sulfonamides is 1. The Labute approximate surface area is 164 Å². The lowest BCUT2D eigenvalue weighted by Gasteiger charge is -2.26. The van der Waals surface area contributed by atoms with Gasteiger partial charge in [-0.25, -0.2) is 8.42 Å². The van der Waals surface area contributed by atoms with Gasteiger partial charge in [0, 0.05) is 18.8 Å². The van der Waals surface area contributed by atoms with E-state index in [4.69, 9.17) is 16.3 Å². The third-order valence-electron chi connectivity index (χ3n) is 4.29. The largest absolute Gasteiger partial charge is 0.379 e. The molecule has 1 heterocycles. The SMILES string of the molecule is Cc1ccc(CC(=O)Nc2ccc(Cl)c(S(=O)(=O)N3CCOCC3)c2)cc1. The number of hydrogen-bond donors (Lipinski definition) is 1. The number of anilines is 1. The summed E-state index contributed by atoms with van der Waals surface area (Å²) in [7, 11) is -3.74. The molecule has 0 aliphatic carbocycles. The van der Waals surface area contributed by atoms with Crippen LogP contribution in [0.5, 0.6) is 0 Å². The van der Waals surface area contributed by atoms with Crippen LogP contribution in [0, 0.1) is 6.92 Å². The maximum atomic E-state index is 12.8. The van der Waals surface area contributed by atoms with Crippen molar-refractivity contribution in [2.75, 3.05) is 31.6 Å². The van der Waals surface area contributed by atoms with Gasteiger partial charge < -0.3 is 10.1 Å². The fourth-order valence-corrected chi connectivity index (χ4v) is 4.71. The summed E-state index contributed by atoms with van der Waals surface area (Å²) in [5, 5.41) is 2.87. The molecule has 8 heteroatoms. The summed E-state index contributed by atoms with van der Waals surface area (Å²) in [6.45, 7) is 3.24. The van der Waals surface area contributed by atoms with Crippen molar-refractivity contribution in [1.29, 1.82) is 0 Å². The molecule has 0 aromatic heterocycles. The van der Waals surface area contributed by atoms with E-state index in [0.717, 1.165) is 11.1 Å². The van der Waals surface area contributed by atoms with E-state index >= 15 is 0 Å². The molecular formula is C19H21ClN2O4S. The summed E-state index contributed by atoms with van der Waals surface area (Å²) in [6, 6.07) is 12.1. The number of hydrogen-bond acceptors (Lipinski definition) is 4. The molecule has 2 aromatic rings. The van der Waals surface area contributed by atoms with Gasteiger partial charge >= 0.3 is 0 Å². The van der Waals surface area contributed by atoms with Gasteiger partial charge in [0.2, 0.25) is 15.9 Å². The standard InChI is InChI=1S/C19H21ClN2O4S/c1-14-2-4-15(5-3-14)12-19(23)21-16-6-7-17(20)18(13-16)27(24,25)22-8-10-26-11-9-22/h2-7,13H,8-12H2,1H3,(H,21,23). The summed E-state index contributed by atoms with van der Waals surface area (Å²) < 4.78 is 32.2. The molecule has 1 aliphatic rings. The Hall–Kier alpha value is -1.93. The summed E-state index contributed by atoms with van der Waals surface area (Å²) >= 11 is 6.13. The molecule has 27 heavy (non-hydrogen) atoms. The molecule has 2 aromatic carbocycles. The lowest BCUT2D eigenvalue weighted by atomic mass is 10.1. The van der Waals surface area contributed by atoms with E-state index in [1.807, 2.05) is 31.2 Å². The lowest BCUT2D eigenvalue weighted by Crippen LogP contribution is -2.40. The number of carbonyl (C=O) groups excluding carboxylic acids is 1. The van der Waals surface area contributed by atoms with Crippen molar-refractivity contribution >= 4 is 33.2 Å². The first kappa shape index (κ1) is 19.8. The third kappa shape index (κ3) is 4.87. The number of ether oxygens (including phenoxy) is 1. The second-order valence-electron chi connectivity index (χ2n) is 6.37. The van der Waals surface area contributed by atoms with Crippen LogP contribution in [0.25, 0.3) is 0 Å². The Morgan fingerprint density at radius 1 is 1.15 bits per heavy atom. The van der Waals surface area contributed by atoms with Gasteiger partial charge in [-0.1, -0.05) is 41.4 Å². The number of halogens is 1. The summed E-state index contributed by atoms with van der Waals surface area (Å²) in [5.74, 6) is -0.226. The van der Waals surface area contributed by atoms with Crippen LogP contribution in [0.2, 0.25) is 5.02 Å². The molecule has 1 amide bonds. The van der Waals surface area contributed by atoms with Crippen molar-refractivity contribution in [2.24, 2.45) is 0 Å². The monoisotopic (exact) mass is 408 g/mol. The average Bonchev–Trinajstić information content (AvgIpc) is 2.66. The van der Waals surface area contributed by atoms with E-state index in [0.29, 0.717) is 18.9 Å². The zero-order valence-electron chi connectivity index (χ0n) is 14.9. The van der Waals surface area contributed by atoms with Gasteiger partial charge in [-0.2, -0.15) is 4.31 Å². The summed E-state index contributed by atoms with van der Waals surface area (Å²) in [5.41, 5.74) is 2.39. The van der Waals surface area contributed by atoms with Crippen LogP contribution in [-0.4, -0.2) is 44.9 Å². The number of carbonyl (C=O) groups is 1. The molecule has 1 saturated heterocycles. The summed E-state index contributed by atoms with van der Waals surface area (Å²) in [6.07, 6.45) is 0.203. The van der Waals surface area contributed by atoms with Crippen molar-refractivity contribution in [2.45, 2.75) is 18.2 Å². The zero-order valence-corrected chi connectivity index (χ0v) is 16.5. The molecule has 0 unspecified atom stereocenters. The Morgan fingerprint density at radius 2 is 1.81 bits per heavy atom. The molecule has 3 rings (SSSR count). The van der Waals surface area contributed by atoms with Gasteiger partial charge in [0.15, 0.2) is 0 Å². The normalized spacial score (nSPS) is 15.5. The van der Waals surface area contributed by atoms with Gasteiger partial charge in [-0.15, -0.1) is 0 Å². The average molecular weight is 409 g/mol. The van der Waals surface area contributed by atoms with Crippen molar-refractivity contribution < 1.29 is 17.9 Å². The van der Waals surface area contributed by atoms with E-state index in [1.165, 1.54) is 16.4 Å². The van der Waals surface area contributed by atoms with Crippen molar-refractivity contribution in [1.82, 2.24) is 4.31 Å². The fourth-order valence-electron chi connectivity index (χ4n) is 2.80. The van der Waals surface area contributed by atoms with E-state index in [1.54, 1.807) is 6.07 Å². The minimum atomic E-state index is -3.74. The van der Waals surface area contributed by atoms with Crippen LogP contribution in [0.4, 0.5) is 5.69 Å². The van der Waals surface area contributed by atoms with Gasteiger partial charge in [0.25, 0.3) is 0 Å². The fraction of sp³-hybridized carbons (Fsp3) is 0.316. The maximum Gasteiger partial charge on any atom is 0.244 e. The quantitative estimate of drug-likeness (QED) is 0.825. The highest BCUT2D eigenvalue weighted by molar-refractivity contribution is 7.89. The predicted molar refractivity (Wildman–Crippen MR) is 105 cm³/mol. The van der Waals surface area contributed by atoms with E-state index < -0.39 is 10.0 Å². The highest BCUT2D eigenvalue weighted by atomic mass is 35.5. The number of morpholine rings is 1. The van der Waals surface area contributed by atoms with Gasteiger partial charge in [-0.05, 0) is 30.7 Å². The molecular weight excluding hydrogens is 388 g/mol. The molecule has 0 spiro atoms. The predicted octanol–water partition coefficient (Wildman–Crippen LogP) is 2.85. The first-order valence-electron chi connectivity index (χ1n) is 8.59. The van der Waals surface area contributed by atoms with Crippen LogP contribution in [0.3, 0.4) is 0 Å². The zero-order chi connectivity index (χ0) is 19.4. The molecule has 1 aliphatic heterocycles. The van der Waals surface area contributed by atoms with Gasteiger partial charge in [-0.3, -0.25) is 4.79 Å². The molecule has 1 N–H and O–H groups in total. The Morgan fingerprint density at radius 3 is 2.48 bits per heavy atom. The molecule has 1 fully saturated rings. The van der Waals surface area contributed by atoms with Crippen LogP contribution in [0.1, 0.15) is 11.1 Å². The van der Waals surface area contributed by atoms with Crippen LogP contribution >= 0.6 is 11.6 Å². The van der Waals surface area contributed by atoms with Crippen LogP contribution in [0.15, 0.2) is 47.4 Å². The van der Waals surface area contributed by atoms with Gasteiger partial charge in [0.05, 0.1) is 24.7 Å². The minimum absolute atomic E-state index is 0.0146. The number of amides is 1. The minimum Gasteiger partial charge on any atom is -0.379 e. The molecule has 144 valence electrons. The molecule has 6 nitrogen and oxygen atoms in total. The topological polar surface area (TPSA) is 75.7 Å². The number of nitrogens with one attached hydrogen (secondary N) is 1. The number of aryl methyl sites for hydroxylation is 1. The van der Waals surface area contributed by atoms with Crippen LogP contribution in [-0.2, 0) is 26.0 Å². The number of nitrogens with zero attached hydrogens (tertiary/aromatic N) is 1. The first-order chi connectivity index (χ1) is 12.9. The van der Waals surface area contributed by atoms with Crippen molar-refractivity contribution in [3.8, 4) is 0 Å². The Kier molecular flexibility index (Phi) is 6.16. The highest BCUT2D eigenvalue weighted by Crippen LogP contribution is 2.28. The van der Waals surface area contributed by atoms with E-state index in [2.05, 4.69) is 5.32 Å². The molecule has 0 saturated carbocycles. The van der Waals surface area contributed by atoms with E-state index in [9.17, 15) is 13.2 Å². The highest BCUT2D eigenvalue weighted by Gasteiger charge is 2.28. The van der Waals surface area contributed by atoms with Crippen molar-refractivity contribution in [3.05, 3.63) is 58.6 Å².